The summed E-state index contributed by atoms with van der Waals surface area (Å²) in [5, 5.41) is 2.28. The molecule has 64 heavy (non-hydrogen) atoms. The fourth-order valence-electron chi connectivity index (χ4n) is 10.5. The van der Waals surface area contributed by atoms with E-state index in [1.165, 1.54) is 67.0 Å². The van der Waals surface area contributed by atoms with E-state index in [2.05, 4.69) is 225 Å². The number of benzene rings is 8. The van der Waals surface area contributed by atoms with Crippen molar-refractivity contribution in [2.24, 2.45) is 0 Å². The Balaban J connectivity index is 1.08. The van der Waals surface area contributed by atoms with E-state index in [-0.39, 0.29) is 0 Å². The van der Waals surface area contributed by atoms with Gasteiger partial charge in [-0.2, -0.15) is 0 Å². The summed E-state index contributed by atoms with van der Waals surface area (Å²) in [5.74, 6) is 0. The van der Waals surface area contributed by atoms with Crippen LogP contribution in [0.25, 0.3) is 60.9 Å². The molecule has 0 amide bonds. The Hall–Kier alpha value is -7.68. The van der Waals surface area contributed by atoms with Gasteiger partial charge in [-0.1, -0.05) is 194 Å². The maximum Gasteiger partial charge on any atom is 0.143 e. The average molecular weight is 824 g/mol. The molecule has 0 spiro atoms. The first kappa shape index (κ1) is 39.2. The Morgan fingerprint density at radius 1 is 0.562 bits per heavy atom. The van der Waals surface area contributed by atoms with E-state index in [4.69, 9.17) is 4.42 Å². The first-order valence-electron chi connectivity index (χ1n) is 22.6. The van der Waals surface area contributed by atoms with Gasteiger partial charge in [0.25, 0.3) is 0 Å². The Labute approximate surface area is 376 Å². The van der Waals surface area contributed by atoms with Crippen LogP contribution < -0.4 is 4.90 Å². The first-order chi connectivity index (χ1) is 31.6. The summed E-state index contributed by atoms with van der Waals surface area (Å²) in [6.07, 6.45) is 10.5. The zero-order valence-corrected chi connectivity index (χ0v) is 36.2. The molecule has 0 fully saturated rings. The molecule has 1 heterocycles. The quantitative estimate of drug-likeness (QED) is 0.121. The van der Waals surface area contributed by atoms with Gasteiger partial charge in [-0.3, -0.25) is 0 Å². The van der Waals surface area contributed by atoms with Crippen molar-refractivity contribution in [3.05, 3.63) is 264 Å². The summed E-state index contributed by atoms with van der Waals surface area (Å²) in [6.45, 7) is 6.30. The second kappa shape index (κ2) is 16.5. The van der Waals surface area contributed by atoms with Crippen LogP contribution in [-0.4, -0.2) is 0 Å². The van der Waals surface area contributed by atoms with Crippen LogP contribution in [0, 0.1) is 0 Å². The maximum atomic E-state index is 6.48. The summed E-state index contributed by atoms with van der Waals surface area (Å²) >= 11 is 0. The third-order valence-electron chi connectivity index (χ3n) is 13.5. The molecule has 0 radical (unpaired) electrons. The second-order valence-corrected chi connectivity index (χ2v) is 17.0. The van der Waals surface area contributed by atoms with Crippen LogP contribution in [0.4, 0.5) is 5.69 Å². The lowest BCUT2D eigenvalue weighted by atomic mass is 9.66. The number of para-hydroxylation sites is 2. The van der Waals surface area contributed by atoms with Crippen molar-refractivity contribution >= 4 is 33.2 Å². The van der Waals surface area contributed by atoms with Gasteiger partial charge in [0.1, 0.15) is 11.2 Å². The van der Waals surface area contributed by atoms with Crippen molar-refractivity contribution in [2.75, 3.05) is 4.90 Å². The third-order valence-corrected chi connectivity index (χ3v) is 13.5. The van der Waals surface area contributed by atoms with Crippen molar-refractivity contribution in [2.45, 2.75) is 38.0 Å². The van der Waals surface area contributed by atoms with Gasteiger partial charge in [-0.25, -0.2) is 0 Å². The number of nitrogens with zero attached hydrogens (tertiary/aromatic N) is 1. The van der Waals surface area contributed by atoms with Gasteiger partial charge in [0.05, 0.1) is 5.41 Å². The van der Waals surface area contributed by atoms with E-state index >= 15 is 0 Å². The van der Waals surface area contributed by atoms with Crippen LogP contribution in [-0.2, 0) is 5.41 Å². The molecule has 2 aliphatic carbocycles. The van der Waals surface area contributed by atoms with Crippen molar-refractivity contribution in [3.8, 4) is 33.4 Å². The molecule has 2 heteroatoms. The lowest BCUT2D eigenvalue weighted by Crippen LogP contribution is -2.31. The molecule has 308 valence electrons. The molecule has 11 rings (SSSR count). The molecule has 0 unspecified atom stereocenters. The SMILES string of the molecule is C=CCC/C(=C\C)N(C1=CC2=C(CC1)c1ccccc1C2(c1ccc(-c2ccccc2)cc1)c1ccc(-c2ccccc2)cc1)c1ccc(-c2cccc3c2oc2ccccc23)cc1. The standard InChI is InChI=1S/C62H49NO/c1-3-5-21-50(4-2)63(51-38-32-47(33-39-51)53-24-16-25-57-56-23-13-15-27-60(56)64-61(53)57)52-40-41-55-54-22-12-14-26-58(54)62(59(55)42-52,48-34-28-45(29-35-48)43-17-8-6-9-18-43)49-36-30-46(31-37-49)44-19-10-7-11-20-44/h3-4,6-20,22-39,42H,1,5,21,40-41H2,2H3/b50-4+. The first-order valence-corrected chi connectivity index (χ1v) is 22.6. The van der Waals surface area contributed by atoms with Crippen molar-refractivity contribution in [1.29, 1.82) is 0 Å². The average Bonchev–Trinajstić information content (AvgIpc) is 3.90. The van der Waals surface area contributed by atoms with Crippen molar-refractivity contribution in [3.63, 3.8) is 0 Å². The summed E-state index contributed by atoms with van der Waals surface area (Å²) in [7, 11) is 0. The van der Waals surface area contributed by atoms with Gasteiger partial charge in [0.2, 0.25) is 0 Å². The molecule has 1 aromatic heterocycles. The van der Waals surface area contributed by atoms with Crippen LogP contribution in [0.5, 0.6) is 0 Å². The minimum atomic E-state index is -0.542. The zero-order valence-electron chi connectivity index (χ0n) is 36.2. The van der Waals surface area contributed by atoms with Crippen LogP contribution in [0.1, 0.15) is 54.9 Å². The predicted octanol–water partition coefficient (Wildman–Crippen LogP) is 16.7. The van der Waals surface area contributed by atoms with Gasteiger partial charge in [0, 0.05) is 33.4 Å². The Morgan fingerprint density at radius 2 is 1.12 bits per heavy atom. The van der Waals surface area contributed by atoms with Crippen LogP contribution in [0.15, 0.2) is 246 Å². The number of rotatable bonds is 11. The van der Waals surface area contributed by atoms with Gasteiger partial charge in [-0.15, -0.1) is 6.58 Å². The van der Waals surface area contributed by atoms with Crippen molar-refractivity contribution < 1.29 is 4.42 Å². The monoisotopic (exact) mass is 823 g/mol. The molecule has 0 bridgehead atoms. The molecule has 0 saturated carbocycles. The summed E-state index contributed by atoms with van der Waals surface area (Å²) in [5.41, 5.74) is 20.1. The highest BCUT2D eigenvalue weighted by Gasteiger charge is 2.48. The number of fused-ring (bicyclic) bond motifs is 5. The fraction of sp³-hybridized carbons (Fsp3) is 0.0968. The summed E-state index contributed by atoms with van der Waals surface area (Å²) in [4.78, 5) is 2.53. The van der Waals surface area contributed by atoms with Crippen LogP contribution in [0.3, 0.4) is 0 Å². The topological polar surface area (TPSA) is 16.4 Å². The Kier molecular flexibility index (Phi) is 10.1. The summed E-state index contributed by atoms with van der Waals surface area (Å²) in [6, 6.07) is 73.2. The zero-order chi connectivity index (χ0) is 43.0. The van der Waals surface area contributed by atoms with E-state index in [0.717, 1.165) is 64.4 Å². The van der Waals surface area contributed by atoms with E-state index < -0.39 is 5.41 Å². The van der Waals surface area contributed by atoms with E-state index in [1.807, 2.05) is 12.1 Å². The molecule has 2 aliphatic rings. The predicted molar refractivity (Wildman–Crippen MR) is 269 cm³/mol. The van der Waals surface area contributed by atoms with Crippen LogP contribution in [0.2, 0.25) is 0 Å². The molecule has 2 nitrogen and oxygen atoms in total. The molecule has 0 aliphatic heterocycles. The number of anilines is 1. The van der Waals surface area contributed by atoms with E-state index in [0.29, 0.717) is 0 Å². The molecule has 9 aromatic rings. The van der Waals surface area contributed by atoms with Gasteiger partial charge >= 0.3 is 0 Å². The van der Waals surface area contributed by atoms with Gasteiger partial charge in [0.15, 0.2) is 0 Å². The van der Waals surface area contributed by atoms with Crippen LogP contribution >= 0.6 is 0 Å². The minimum absolute atomic E-state index is 0.542. The number of hydrogen-bond donors (Lipinski definition) is 0. The molecule has 0 atom stereocenters. The smallest absolute Gasteiger partial charge is 0.143 e. The molecule has 8 aromatic carbocycles. The summed E-state index contributed by atoms with van der Waals surface area (Å²) < 4.78 is 6.48. The second-order valence-electron chi connectivity index (χ2n) is 17.0. The normalized spacial score (nSPS) is 14.3. The molecular formula is C62H49NO. The lowest BCUT2D eigenvalue weighted by molar-refractivity contribution is 0.670. The highest BCUT2D eigenvalue weighted by atomic mass is 16.3. The lowest BCUT2D eigenvalue weighted by Gasteiger charge is -2.38. The number of furan rings is 1. The van der Waals surface area contributed by atoms with E-state index in [9.17, 15) is 0 Å². The Morgan fingerprint density at radius 3 is 1.78 bits per heavy atom. The van der Waals surface area contributed by atoms with Gasteiger partial charge < -0.3 is 9.32 Å². The minimum Gasteiger partial charge on any atom is -0.455 e. The number of hydrogen-bond acceptors (Lipinski definition) is 2. The number of allylic oxidation sites excluding steroid dienone is 7. The molecule has 0 saturated heterocycles. The van der Waals surface area contributed by atoms with E-state index in [1.54, 1.807) is 0 Å². The van der Waals surface area contributed by atoms with Gasteiger partial charge in [-0.05, 0) is 118 Å². The largest absolute Gasteiger partial charge is 0.455 e. The Bertz CT molecular complexity index is 3170. The highest BCUT2D eigenvalue weighted by Crippen LogP contribution is 2.58. The maximum absolute atomic E-state index is 6.48. The molecule has 0 N–H and O–H groups in total. The van der Waals surface area contributed by atoms with Crippen molar-refractivity contribution in [1.82, 2.24) is 0 Å². The highest BCUT2D eigenvalue weighted by molar-refractivity contribution is 6.09. The molecular weight excluding hydrogens is 775 g/mol. The third kappa shape index (κ3) is 6.57. The fourth-order valence-corrected chi connectivity index (χ4v) is 10.5.